The minimum absolute atomic E-state index is 0.0243. The average Bonchev–Trinajstić information content (AvgIpc) is 2.94. The van der Waals surface area contributed by atoms with Gasteiger partial charge in [0.25, 0.3) is 5.91 Å². The number of anilines is 2. The van der Waals surface area contributed by atoms with Crippen molar-refractivity contribution in [1.29, 1.82) is 0 Å². The number of carbonyl (C=O) groups is 1. The highest BCUT2D eigenvalue weighted by Crippen LogP contribution is 2.22. The molecule has 0 unspecified atom stereocenters. The summed E-state index contributed by atoms with van der Waals surface area (Å²) in [5.74, 6) is 0.881. The molecule has 2 N–H and O–H groups in total. The van der Waals surface area contributed by atoms with Crippen molar-refractivity contribution in [3.8, 4) is 0 Å². The Bertz CT molecular complexity index is 592. The van der Waals surface area contributed by atoms with Crippen molar-refractivity contribution in [1.82, 2.24) is 14.9 Å². The number of nitrogens with zero attached hydrogens (tertiary/aromatic N) is 4. The van der Waals surface area contributed by atoms with Gasteiger partial charge in [0, 0.05) is 38.6 Å². The molecule has 0 atom stereocenters. The molecule has 0 radical (unpaired) electrons. The number of piperazine rings is 1. The fraction of sp³-hybridized carbons (Fsp3) is 0.308. The Balaban J connectivity index is 1.64. The summed E-state index contributed by atoms with van der Waals surface area (Å²) >= 11 is 1.40. The number of nitrogen functional groups attached to an aromatic ring is 1. The molecular weight excluding hydrogens is 274 g/mol. The molecule has 0 aromatic carbocycles. The normalized spacial score (nSPS) is 15.4. The van der Waals surface area contributed by atoms with Crippen molar-refractivity contribution in [3.63, 3.8) is 0 Å². The fourth-order valence-electron chi connectivity index (χ4n) is 2.23. The summed E-state index contributed by atoms with van der Waals surface area (Å²) in [6.07, 6.45) is 5.08. The topological polar surface area (TPSA) is 75.4 Å². The van der Waals surface area contributed by atoms with Gasteiger partial charge in [0.05, 0.1) is 11.9 Å². The van der Waals surface area contributed by atoms with Gasteiger partial charge in [0.2, 0.25) is 0 Å². The van der Waals surface area contributed by atoms with E-state index in [2.05, 4.69) is 14.9 Å². The van der Waals surface area contributed by atoms with Crippen molar-refractivity contribution in [2.24, 2.45) is 0 Å². The quantitative estimate of drug-likeness (QED) is 0.895. The monoisotopic (exact) mass is 289 g/mol. The van der Waals surface area contributed by atoms with Gasteiger partial charge in [-0.2, -0.15) is 0 Å². The lowest BCUT2D eigenvalue weighted by atomic mass is 10.2. The third kappa shape index (κ3) is 2.44. The van der Waals surface area contributed by atoms with Gasteiger partial charge in [0.1, 0.15) is 10.7 Å². The molecule has 0 aliphatic carbocycles. The van der Waals surface area contributed by atoms with Crippen LogP contribution in [0.25, 0.3) is 0 Å². The van der Waals surface area contributed by atoms with Crippen LogP contribution in [0.4, 0.5) is 11.5 Å². The lowest BCUT2D eigenvalue weighted by Gasteiger charge is -2.35. The van der Waals surface area contributed by atoms with Gasteiger partial charge in [-0.15, -0.1) is 11.3 Å². The van der Waals surface area contributed by atoms with E-state index in [1.54, 1.807) is 24.7 Å². The highest BCUT2D eigenvalue weighted by atomic mass is 32.1. The van der Waals surface area contributed by atoms with Crippen LogP contribution in [0.2, 0.25) is 0 Å². The number of amides is 1. The molecule has 20 heavy (non-hydrogen) atoms. The number of rotatable bonds is 2. The average molecular weight is 289 g/mol. The zero-order chi connectivity index (χ0) is 13.9. The zero-order valence-corrected chi connectivity index (χ0v) is 11.7. The van der Waals surface area contributed by atoms with Crippen LogP contribution in [0, 0.1) is 0 Å². The Kier molecular flexibility index (Phi) is 3.51. The van der Waals surface area contributed by atoms with Gasteiger partial charge >= 0.3 is 0 Å². The van der Waals surface area contributed by atoms with Crippen LogP contribution in [-0.4, -0.2) is 47.0 Å². The van der Waals surface area contributed by atoms with E-state index in [4.69, 9.17) is 5.73 Å². The Morgan fingerprint density at radius 1 is 1.25 bits per heavy atom. The van der Waals surface area contributed by atoms with E-state index in [1.807, 2.05) is 10.3 Å². The second kappa shape index (κ2) is 5.46. The number of hydrogen-bond acceptors (Lipinski definition) is 6. The summed E-state index contributed by atoms with van der Waals surface area (Å²) in [5.41, 5.74) is 6.37. The maximum absolute atomic E-state index is 12.3. The molecule has 1 saturated heterocycles. The van der Waals surface area contributed by atoms with Gasteiger partial charge in [-0.25, -0.2) is 4.98 Å². The molecule has 2 aromatic heterocycles. The van der Waals surface area contributed by atoms with E-state index >= 15 is 0 Å². The molecule has 1 aliphatic rings. The van der Waals surface area contributed by atoms with E-state index in [1.165, 1.54) is 11.3 Å². The summed E-state index contributed by atoms with van der Waals surface area (Å²) < 4.78 is 0. The highest BCUT2D eigenvalue weighted by Gasteiger charge is 2.24. The van der Waals surface area contributed by atoms with Gasteiger partial charge in [-0.1, -0.05) is 0 Å². The highest BCUT2D eigenvalue weighted by molar-refractivity contribution is 7.12. The van der Waals surface area contributed by atoms with Crippen LogP contribution < -0.4 is 10.6 Å². The molecule has 6 nitrogen and oxygen atoms in total. The minimum atomic E-state index is 0.0243. The fourth-order valence-corrected chi connectivity index (χ4v) is 3.01. The van der Waals surface area contributed by atoms with E-state index in [9.17, 15) is 4.79 Å². The molecule has 2 aromatic rings. The first-order chi connectivity index (χ1) is 9.75. The zero-order valence-electron chi connectivity index (χ0n) is 10.9. The van der Waals surface area contributed by atoms with E-state index in [0.29, 0.717) is 23.7 Å². The smallest absolute Gasteiger partial charge is 0.266 e. The summed E-state index contributed by atoms with van der Waals surface area (Å²) in [7, 11) is 0. The van der Waals surface area contributed by atoms with E-state index in [-0.39, 0.29) is 5.91 Å². The van der Waals surface area contributed by atoms with Gasteiger partial charge in [-0.05, 0) is 11.4 Å². The van der Waals surface area contributed by atoms with Crippen molar-refractivity contribution >= 4 is 28.7 Å². The first-order valence-corrected chi connectivity index (χ1v) is 7.27. The molecule has 0 bridgehead atoms. The van der Waals surface area contributed by atoms with Crippen molar-refractivity contribution in [2.45, 2.75) is 0 Å². The molecule has 1 amide bonds. The summed E-state index contributed by atoms with van der Waals surface area (Å²) in [6.45, 7) is 2.87. The molecule has 1 fully saturated rings. The van der Waals surface area contributed by atoms with Gasteiger partial charge < -0.3 is 15.5 Å². The number of carbonyl (C=O) groups excluding carboxylic acids is 1. The lowest BCUT2D eigenvalue weighted by molar-refractivity contribution is 0.0752. The van der Waals surface area contributed by atoms with Crippen LogP contribution in [0.15, 0.2) is 30.0 Å². The second-order valence-electron chi connectivity index (χ2n) is 4.55. The third-order valence-corrected chi connectivity index (χ3v) is 4.25. The molecule has 1 aliphatic heterocycles. The lowest BCUT2D eigenvalue weighted by Crippen LogP contribution is -2.49. The van der Waals surface area contributed by atoms with E-state index < -0.39 is 0 Å². The molecule has 7 heteroatoms. The maximum atomic E-state index is 12.3. The number of aromatic nitrogens is 2. The Morgan fingerprint density at radius 2 is 2.05 bits per heavy atom. The maximum Gasteiger partial charge on any atom is 0.266 e. The van der Waals surface area contributed by atoms with E-state index in [0.717, 1.165) is 18.9 Å². The van der Waals surface area contributed by atoms with Crippen molar-refractivity contribution in [2.75, 3.05) is 36.8 Å². The number of nitrogens with two attached hydrogens (primary N) is 1. The standard InChI is InChI=1S/C13H15N5OS/c14-10-1-8-20-12(10)13(19)18-6-4-17(5-7-18)11-9-15-2-3-16-11/h1-3,8-9H,4-7,14H2. The third-order valence-electron chi connectivity index (χ3n) is 3.33. The first-order valence-electron chi connectivity index (χ1n) is 6.39. The second-order valence-corrected chi connectivity index (χ2v) is 5.46. The summed E-state index contributed by atoms with van der Waals surface area (Å²) in [6, 6.07) is 1.77. The molecule has 104 valence electrons. The number of thiophene rings is 1. The van der Waals surface area contributed by atoms with Crippen LogP contribution >= 0.6 is 11.3 Å². The van der Waals surface area contributed by atoms with Gasteiger partial charge in [-0.3, -0.25) is 9.78 Å². The molecule has 3 heterocycles. The minimum Gasteiger partial charge on any atom is -0.397 e. The predicted molar refractivity (Wildman–Crippen MR) is 78.9 cm³/mol. The molecule has 3 rings (SSSR count). The van der Waals surface area contributed by atoms with Gasteiger partial charge in [0.15, 0.2) is 0 Å². The molecular formula is C13H15N5OS. The summed E-state index contributed by atoms with van der Waals surface area (Å²) in [4.78, 5) is 25.3. The van der Waals surface area contributed by atoms with Crippen molar-refractivity contribution < 1.29 is 4.79 Å². The largest absolute Gasteiger partial charge is 0.397 e. The molecule has 0 spiro atoms. The van der Waals surface area contributed by atoms with Crippen LogP contribution in [0.1, 0.15) is 9.67 Å². The predicted octanol–water partition coefficient (Wildman–Crippen LogP) is 1.08. The van der Waals surface area contributed by atoms with Crippen LogP contribution in [0.3, 0.4) is 0 Å². The SMILES string of the molecule is Nc1ccsc1C(=O)N1CCN(c2cnccn2)CC1. The number of hydrogen-bond donors (Lipinski definition) is 1. The van der Waals surface area contributed by atoms with Crippen LogP contribution in [-0.2, 0) is 0 Å². The summed E-state index contributed by atoms with van der Waals surface area (Å²) in [5, 5.41) is 1.85. The first kappa shape index (κ1) is 12.9. The van der Waals surface area contributed by atoms with Crippen LogP contribution in [0.5, 0.6) is 0 Å². The Morgan fingerprint density at radius 3 is 2.65 bits per heavy atom. The molecule has 0 saturated carbocycles. The van der Waals surface area contributed by atoms with Crippen molar-refractivity contribution in [3.05, 3.63) is 34.9 Å². The Hall–Kier alpha value is -2.15. The Labute approximate surface area is 120 Å².